The number of carbonyl (C=O) groups excluding carboxylic acids is 1. The summed E-state index contributed by atoms with van der Waals surface area (Å²) in [4.78, 5) is 27.3. The Labute approximate surface area is 151 Å². The Morgan fingerprint density at radius 2 is 2.04 bits per heavy atom. The van der Waals surface area contributed by atoms with Gasteiger partial charge in [0.1, 0.15) is 0 Å². The van der Waals surface area contributed by atoms with Crippen LogP contribution in [0.4, 0.5) is 4.79 Å². The summed E-state index contributed by atoms with van der Waals surface area (Å²) in [5.41, 5.74) is 1.37. The van der Waals surface area contributed by atoms with Gasteiger partial charge in [-0.3, -0.25) is 4.79 Å². The van der Waals surface area contributed by atoms with Crippen LogP contribution in [-0.4, -0.2) is 78.9 Å². The summed E-state index contributed by atoms with van der Waals surface area (Å²) >= 11 is 6.24. The van der Waals surface area contributed by atoms with Crippen molar-refractivity contribution < 1.29 is 19.4 Å². The van der Waals surface area contributed by atoms with Crippen molar-refractivity contribution in [2.45, 2.75) is 12.5 Å². The van der Waals surface area contributed by atoms with E-state index in [4.69, 9.17) is 16.3 Å². The molecule has 0 radical (unpaired) electrons. The van der Waals surface area contributed by atoms with Crippen molar-refractivity contribution in [2.24, 2.45) is 0 Å². The maximum Gasteiger partial charge on any atom is 0.407 e. The quantitative estimate of drug-likeness (QED) is 0.841. The third-order valence-electron chi connectivity index (χ3n) is 4.63. The number of carbonyl (C=O) groups is 2. The van der Waals surface area contributed by atoms with Gasteiger partial charge in [0.25, 0.3) is 5.91 Å². The lowest BCUT2D eigenvalue weighted by molar-refractivity contribution is 0.0303. The van der Waals surface area contributed by atoms with Crippen LogP contribution in [0.25, 0.3) is 0 Å². The highest BCUT2D eigenvalue weighted by molar-refractivity contribution is 6.33. The zero-order chi connectivity index (χ0) is 17.8. The first-order valence-electron chi connectivity index (χ1n) is 8.42. The Hall–Kier alpha value is -1.83. The molecule has 3 rings (SSSR count). The summed E-state index contributed by atoms with van der Waals surface area (Å²) in [6.07, 6.45) is -0.370. The van der Waals surface area contributed by atoms with Gasteiger partial charge in [0.15, 0.2) is 0 Å². The molecule has 2 N–H and O–H groups in total. The van der Waals surface area contributed by atoms with Gasteiger partial charge in [-0.2, -0.15) is 0 Å². The average Bonchev–Trinajstić information content (AvgIpc) is 2.64. The fourth-order valence-corrected chi connectivity index (χ4v) is 3.47. The largest absolute Gasteiger partial charge is 0.465 e. The van der Waals surface area contributed by atoms with Crippen molar-refractivity contribution in [3.05, 3.63) is 34.3 Å². The zero-order valence-corrected chi connectivity index (χ0v) is 14.7. The van der Waals surface area contributed by atoms with E-state index in [0.717, 1.165) is 5.56 Å². The van der Waals surface area contributed by atoms with E-state index in [-0.39, 0.29) is 11.9 Å². The zero-order valence-electron chi connectivity index (χ0n) is 13.9. The Morgan fingerprint density at radius 1 is 1.28 bits per heavy atom. The molecule has 25 heavy (non-hydrogen) atoms. The maximum absolute atomic E-state index is 12.7. The molecule has 0 aromatic heterocycles. The SMILES string of the molecule is O=C(c1cc(CC2CNCCN2C(=O)O)ccc1Cl)N1CCOCC1. The Morgan fingerprint density at radius 3 is 2.76 bits per heavy atom. The summed E-state index contributed by atoms with van der Waals surface area (Å²) < 4.78 is 5.28. The molecule has 2 aliphatic rings. The van der Waals surface area contributed by atoms with Gasteiger partial charge >= 0.3 is 6.09 Å². The molecule has 2 fully saturated rings. The second-order valence-corrected chi connectivity index (χ2v) is 6.66. The number of hydrogen-bond donors (Lipinski definition) is 2. The topological polar surface area (TPSA) is 82.1 Å². The number of amides is 2. The van der Waals surface area contributed by atoms with Crippen LogP contribution in [0.3, 0.4) is 0 Å². The van der Waals surface area contributed by atoms with E-state index in [2.05, 4.69) is 5.32 Å². The summed E-state index contributed by atoms with van der Waals surface area (Å²) in [6, 6.07) is 5.20. The highest BCUT2D eigenvalue weighted by Crippen LogP contribution is 2.22. The van der Waals surface area contributed by atoms with Gasteiger partial charge in [-0.1, -0.05) is 17.7 Å². The molecule has 136 valence electrons. The lowest BCUT2D eigenvalue weighted by Gasteiger charge is -2.34. The minimum atomic E-state index is -0.912. The monoisotopic (exact) mass is 367 g/mol. The Bertz CT molecular complexity index is 649. The first-order valence-corrected chi connectivity index (χ1v) is 8.80. The lowest BCUT2D eigenvalue weighted by Crippen LogP contribution is -2.54. The predicted octanol–water partition coefficient (Wildman–Crippen LogP) is 1.31. The fraction of sp³-hybridized carbons (Fsp3) is 0.529. The van der Waals surface area contributed by atoms with Gasteiger partial charge in [0.2, 0.25) is 0 Å². The van der Waals surface area contributed by atoms with Crippen LogP contribution in [0, 0.1) is 0 Å². The molecular weight excluding hydrogens is 346 g/mol. The van der Waals surface area contributed by atoms with E-state index in [1.54, 1.807) is 17.0 Å². The second-order valence-electron chi connectivity index (χ2n) is 6.26. The molecule has 2 amide bonds. The van der Waals surface area contributed by atoms with Crippen LogP contribution in [0.2, 0.25) is 5.02 Å². The van der Waals surface area contributed by atoms with E-state index in [1.165, 1.54) is 4.90 Å². The molecule has 1 unspecified atom stereocenters. The van der Waals surface area contributed by atoms with E-state index >= 15 is 0 Å². The van der Waals surface area contributed by atoms with Gasteiger partial charge in [0, 0.05) is 32.7 Å². The fourth-order valence-electron chi connectivity index (χ4n) is 3.27. The van der Waals surface area contributed by atoms with Crippen LogP contribution >= 0.6 is 11.6 Å². The van der Waals surface area contributed by atoms with Crippen molar-refractivity contribution in [1.82, 2.24) is 15.1 Å². The van der Waals surface area contributed by atoms with Gasteiger partial charge in [-0.25, -0.2) is 4.79 Å². The van der Waals surface area contributed by atoms with Crippen molar-refractivity contribution in [3.63, 3.8) is 0 Å². The normalized spacial score (nSPS) is 21.2. The number of nitrogens with one attached hydrogen (secondary N) is 1. The van der Waals surface area contributed by atoms with Crippen LogP contribution < -0.4 is 5.32 Å². The van der Waals surface area contributed by atoms with Crippen molar-refractivity contribution >= 4 is 23.6 Å². The first kappa shape index (κ1) is 18.0. The van der Waals surface area contributed by atoms with E-state index in [1.807, 2.05) is 6.07 Å². The minimum absolute atomic E-state index is 0.105. The third kappa shape index (κ3) is 4.23. The molecule has 8 heteroatoms. The van der Waals surface area contributed by atoms with E-state index < -0.39 is 6.09 Å². The molecule has 2 heterocycles. The number of morpholine rings is 1. The number of nitrogens with zero attached hydrogens (tertiary/aromatic N) is 2. The second kappa shape index (κ2) is 8.03. The molecule has 2 aliphatic heterocycles. The number of piperazine rings is 1. The first-order chi connectivity index (χ1) is 12.1. The van der Waals surface area contributed by atoms with Gasteiger partial charge in [-0.15, -0.1) is 0 Å². The van der Waals surface area contributed by atoms with Crippen LogP contribution in [0.15, 0.2) is 18.2 Å². The smallest absolute Gasteiger partial charge is 0.407 e. The Kier molecular flexibility index (Phi) is 5.78. The summed E-state index contributed by atoms with van der Waals surface area (Å²) in [5.74, 6) is -0.105. The number of halogens is 1. The molecule has 1 aromatic carbocycles. The minimum Gasteiger partial charge on any atom is -0.465 e. The summed E-state index contributed by atoms with van der Waals surface area (Å²) in [5, 5.41) is 13.0. The summed E-state index contributed by atoms with van der Waals surface area (Å²) in [7, 11) is 0. The highest BCUT2D eigenvalue weighted by Gasteiger charge is 2.27. The van der Waals surface area contributed by atoms with Gasteiger partial charge in [-0.05, 0) is 24.1 Å². The summed E-state index contributed by atoms with van der Waals surface area (Å²) in [6.45, 7) is 3.89. The molecule has 0 spiro atoms. The maximum atomic E-state index is 12.7. The third-order valence-corrected chi connectivity index (χ3v) is 4.96. The number of carboxylic acid groups (broad SMARTS) is 1. The van der Waals surface area contributed by atoms with Crippen molar-refractivity contribution in [1.29, 1.82) is 0 Å². The van der Waals surface area contributed by atoms with Gasteiger partial charge < -0.3 is 25.0 Å². The van der Waals surface area contributed by atoms with Gasteiger partial charge in [0.05, 0.1) is 29.8 Å². The van der Waals surface area contributed by atoms with Crippen LogP contribution in [-0.2, 0) is 11.2 Å². The molecular formula is C17H22ClN3O4. The van der Waals surface area contributed by atoms with Crippen molar-refractivity contribution in [3.8, 4) is 0 Å². The lowest BCUT2D eigenvalue weighted by atomic mass is 10.0. The number of rotatable bonds is 3. The standard InChI is InChI=1S/C17H22ClN3O4/c18-15-2-1-12(9-13-11-19-3-4-21(13)17(23)24)10-14(15)16(22)20-5-7-25-8-6-20/h1-2,10,13,19H,3-9,11H2,(H,23,24). The molecule has 1 atom stereocenters. The van der Waals surface area contributed by atoms with E-state index in [9.17, 15) is 14.7 Å². The number of ether oxygens (including phenoxy) is 1. The van der Waals surface area contributed by atoms with Crippen LogP contribution in [0.5, 0.6) is 0 Å². The average molecular weight is 368 g/mol. The van der Waals surface area contributed by atoms with Crippen molar-refractivity contribution in [2.75, 3.05) is 45.9 Å². The molecule has 0 bridgehead atoms. The molecule has 0 aliphatic carbocycles. The number of benzene rings is 1. The van der Waals surface area contributed by atoms with E-state index in [0.29, 0.717) is 62.9 Å². The molecule has 7 nitrogen and oxygen atoms in total. The van der Waals surface area contributed by atoms with Crippen LogP contribution in [0.1, 0.15) is 15.9 Å². The molecule has 0 saturated carbocycles. The predicted molar refractivity (Wildman–Crippen MR) is 93.3 cm³/mol. The highest BCUT2D eigenvalue weighted by atomic mass is 35.5. The molecule has 1 aromatic rings. The Balaban J connectivity index is 1.76. The molecule has 2 saturated heterocycles. The number of hydrogen-bond acceptors (Lipinski definition) is 4.